The zero-order valence-corrected chi connectivity index (χ0v) is 9.92. The zero-order chi connectivity index (χ0) is 14.8. The molecule has 0 aromatic heterocycles. The number of nitro groups is 1. The molecular weight excluding hydrogens is 275 g/mol. The number of halogens is 3. The minimum absolute atomic E-state index is 0.158. The van der Waals surface area contributed by atoms with Gasteiger partial charge in [0.2, 0.25) is 0 Å². The molecule has 0 N–H and O–H groups in total. The second-order valence-electron chi connectivity index (χ2n) is 3.88. The average Bonchev–Trinajstić information content (AvgIpc) is 2.38. The first-order valence-electron chi connectivity index (χ1n) is 5.46. The standard InChI is InChI=1S/C13H8F3NO3/c14-13(15,16)9-4-6-11(7-5-9)20-12-3-1-2-10(8-12)17(18)19/h1-8H. The number of hydrogen-bond donors (Lipinski definition) is 0. The highest BCUT2D eigenvalue weighted by atomic mass is 19.4. The minimum atomic E-state index is -4.41. The Bertz CT molecular complexity index is 624. The minimum Gasteiger partial charge on any atom is -0.457 e. The van der Waals surface area contributed by atoms with Crippen LogP contribution in [0.25, 0.3) is 0 Å². The molecule has 104 valence electrons. The molecule has 2 aromatic carbocycles. The molecule has 4 nitrogen and oxygen atoms in total. The van der Waals surface area contributed by atoms with Gasteiger partial charge in [-0.3, -0.25) is 10.1 Å². The molecule has 7 heteroatoms. The van der Waals surface area contributed by atoms with Crippen LogP contribution in [0.3, 0.4) is 0 Å². The highest BCUT2D eigenvalue weighted by Gasteiger charge is 2.30. The molecule has 2 aromatic rings. The van der Waals surface area contributed by atoms with Crippen LogP contribution >= 0.6 is 0 Å². The number of nitrogens with zero attached hydrogens (tertiary/aromatic N) is 1. The summed E-state index contributed by atoms with van der Waals surface area (Å²) in [6, 6.07) is 9.46. The van der Waals surface area contributed by atoms with Crippen LogP contribution in [0.5, 0.6) is 11.5 Å². The van der Waals surface area contributed by atoms with Gasteiger partial charge in [0.1, 0.15) is 11.5 Å². The highest BCUT2D eigenvalue weighted by molar-refractivity contribution is 5.41. The van der Waals surface area contributed by atoms with Gasteiger partial charge < -0.3 is 4.74 Å². The number of benzene rings is 2. The maximum atomic E-state index is 12.4. The zero-order valence-electron chi connectivity index (χ0n) is 9.92. The molecule has 0 radical (unpaired) electrons. The van der Waals surface area contributed by atoms with Crippen LogP contribution in [0.1, 0.15) is 5.56 Å². The first kappa shape index (κ1) is 13.9. The topological polar surface area (TPSA) is 52.4 Å². The molecule has 0 saturated carbocycles. The van der Waals surface area contributed by atoms with Gasteiger partial charge in [-0.05, 0) is 30.3 Å². The van der Waals surface area contributed by atoms with Crippen molar-refractivity contribution in [2.24, 2.45) is 0 Å². The Morgan fingerprint density at radius 1 is 1.00 bits per heavy atom. The van der Waals surface area contributed by atoms with E-state index in [-0.39, 0.29) is 17.2 Å². The quantitative estimate of drug-likeness (QED) is 0.619. The van der Waals surface area contributed by atoms with Gasteiger partial charge >= 0.3 is 6.18 Å². The molecule has 0 aliphatic heterocycles. The maximum absolute atomic E-state index is 12.4. The SMILES string of the molecule is O=[N+]([O-])c1cccc(Oc2ccc(C(F)(F)F)cc2)c1. The number of alkyl halides is 3. The lowest BCUT2D eigenvalue weighted by molar-refractivity contribution is -0.384. The van der Waals surface area contributed by atoms with Gasteiger partial charge in [-0.15, -0.1) is 0 Å². The summed E-state index contributed by atoms with van der Waals surface area (Å²) in [6.45, 7) is 0. The van der Waals surface area contributed by atoms with Crippen molar-refractivity contribution in [3.63, 3.8) is 0 Å². The lowest BCUT2D eigenvalue weighted by Crippen LogP contribution is -2.03. The van der Waals surface area contributed by atoms with E-state index < -0.39 is 16.7 Å². The molecule has 0 spiro atoms. The molecule has 0 unspecified atom stereocenters. The second kappa shape index (κ2) is 5.20. The molecule has 0 saturated heterocycles. The molecule has 0 aliphatic rings. The van der Waals surface area contributed by atoms with Crippen molar-refractivity contribution < 1.29 is 22.8 Å². The molecule has 0 bridgehead atoms. The second-order valence-corrected chi connectivity index (χ2v) is 3.88. The van der Waals surface area contributed by atoms with Gasteiger partial charge in [0.25, 0.3) is 5.69 Å². The van der Waals surface area contributed by atoms with Crippen LogP contribution in [0, 0.1) is 10.1 Å². The first-order valence-corrected chi connectivity index (χ1v) is 5.46. The summed E-state index contributed by atoms with van der Waals surface area (Å²) in [5, 5.41) is 10.6. The molecule has 0 atom stereocenters. The Morgan fingerprint density at radius 2 is 1.65 bits per heavy atom. The lowest BCUT2D eigenvalue weighted by Gasteiger charge is -2.08. The number of non-ortho nitro benzene ring substituents is 1. The molecule has 2 rings (SSSR count). The third kappa shape index (κ3) is 3.25. The summed E-state index contributed by atoms with van der Waals surface area (Å²) in [4.78, 5) is 10.0. The third-order valence-electron chi connectivity index (χ3n) is 2.45. The first-order chi connectivity index (χ1) is 9.36. The van der Waals surface area contributed by atoms with Crippen molar-refractivity contribution in [1.82, 2.24) is 0 Å². The third-order valence-corrected chi connectivity index (χ3v) is 2.45. The van der Waals surface area contributed by atoms with E-state index in [2.05, 4.69) is 0 Å². The van der Waals surface area contributed by atoms with Gasteiger partial charge in [0.05, 0.1) is 16.6 Å². The van der Waals surface area contributed by atoms with Crippen LogP contribution in [0.4, 0.5) is 18.9 Å². The number of ether oxygens (including phenoxy) is 1. The Balaban J connectivity index is 2.18. The smallest absolute Gasteiger partial charge is 0.416 e. The number of nitro benzene ring substituents is 1. The van der Waals surface area contributed by atoms with Crippen molar-refractivity contribution in [1.29, 1.82) is 0 Å². The summed E-state index contributed by atoms with van der Waals surface area (Å²) in [6.07, 6.45) is -4.41. The Morgan fingerprint density at radius 3 is 2.20 bits per heavy atom. The number of rotatable bonds is 3. The van der Waals surface area contributed by atoms with Crippen molar-refractivity contribution in [3.05, 3.63) is 64.2 Å². The fraction of sp³-hybridized carbons (Fsp3) is 0.0769. The predicted molar refractivity (Wildman–Crippen MR) is 64.6 cm³/mol. The molecular formula is C13H8F3NO3. The van der Waals surface area contributed by atoms with E-state index in [1.165, 1.54) is 24.3 Å². The van der Waals surface area contributed by atoms with E-state index in [1.807, 2.05) is 0 Å². The monoisotopic (exact) mass is 283 g/mol. The van der Waals surface area contributed by atoms with Crippen LogP contribution in [0.15, 0.2) is 48.5 Å². The average molecular weight is 283 g/mol. The summed E-state index contributed by atoms with van der Waals surface area (Å²) < 4.78 is 42.4. The van der Waals surface area contributed by atoms with E-state index >= 15 is 0 Å². The molecule has 0 amide bonds. The van der Waals surface area contributed by atoms with Crippen LogP contribution in [0.2, 0.25) is 0 Å². The number of hydrogen-bond acceptors (Lipinski definition) is 3. The van der Waals surface area contributed by atoms with Crippen molar-refractivity contribution >= 4 is 5.69 Å². The lowest BCUT2D eigenvalue weighted by atomic mass is 10.2. The van der Waals surface area contributed by atoms with E-state index in [4.69, 9.17) is 4.74 Å². The normalized spacial score (nSPS) is 11.2. The van der Waals surface area contributed by atoms with Crippen molar-refractivity contribution in [2.75, 3.05) is 0 Å². The van der Waals surface area contributed by atoms with Crippen molar-refractivity contribution in [3.8, 4) is 11.5 Å². The van der Waals surface area contributed by atoms with Crippen LogP contribution in [-0.4, -0.2) is 4.92 Å². The Hall–Kier alpha value is -2.57. The largest absolute Gasteiger partial charge is 0.457 e. The van der Waals surface area contributed by atoms with E-state index in [1.54, 1.807) is 0 Å². The van der Waals surface area contributed by atoms with Crippen LogP contribution < -0.4 is 4.74 Å². The summed E-state index contributed by atoms with van der Waals surface area (Å²) >= 11 is 0. The van der Waals surface area contributed by atoms with E-state index in [0.717, 1.165) is 24.3 Å². The summed E-state index contributed by atoms with van der Waals surface area (Å²) in [7, 11) is 0. The highest BCUT2D eigenvalue weighted by Crippen LogP contribution is 2.31. The molecule has 0 aliphatic carbocycles. The molecule has 0 fully saturated rings. The summed E-state index contributed by atoms with van der Waals surface area (Å²) in [5.41, 5.74) is -0.946. The van der Waals surface area contributed by atoms with Gasteiger partial charge in [-0.1, -0.05) is 6.07 Å². The van der Waals surface area contributed by atoms with Gasteiger partial charge in [0, 0.05) is 6.07 Å². The maximum Gasteiger partial charge on any atom is 0.416 e. The van der Waals surface area contributed by atoms with Crippen molar-refractivity contribution in [2.45, 2.75) is 6.18 Å². The van der Waals surface area contributed by atoms with Gasteiger partial charge in [0.15, 0.2) is 0 Å². The Labute approximate surface area is 111 Å². The van der Waals surface area contributed by atoms with Gasteiger partial charge in [-0.2, -0.15) is 13.2 Å². The molecule has 0 heterocycles. The van der Waals surface area contributed by atoms with Gasteiger partial charge in [-0.25, -0.2) is 0 Å². The fourth-order valence-electron chi connectivity index (χ4n) is 1.51. The summed E-state index contributed by atoms with van der Waals surface area (Å²) in [5.74, 6) is 0.345. The van der Waals surface area contributed by atoms with E-state index in [0.29, 0.717) is 0 Å². The van der Waals surface area contributed by atoms with E-state index in [9.17, 15) is 23.3 Å². The fourth-order valence-corrected chi connectivity index (χ4v) is 1.51. The predicted octanol–water partition coefficient (Wildman–Crippen LogP) is 4.41. The van der Waals surface area contributed by atoms with Crippen LogP contribution in [-0.2, 0) is 6.18 Å². The molecule has 20 heavy (non-hydrogen) atoms. The Kier molecular flexibility index (Phi) is 3.60.